The van der Waals surface area contributed by atoms with Crippen LogP contribution in [0.1, 0.15) is 37.7 Å². The minimum absolute atomic E-state index is 0.450. The summed E-state index contributed by atoms with van der Waals surface area (Å²) in [5.74, 6) is 2.11. The van der Waals surface area contributed by atoms with Crippen molar-refractivity contribution in [2.24, 2.45) is 5.92 Å². The van der Waals surface area contributed by atoms with Crippen molar-refractivity contribution in [1.82, 2.24) is 0 Å². The first kappa shape index (κ1) is 12.2. The van der Waals surface area contributed by atoms with Gasteiger partial charge in [0.1, 0.15) is 11.5 Å². The van der Waals surface area contributed by atoms with Crippen LogP contribution in [0.5, 0.6) is 5.75 Å². The summed E-state index contributed by atoms with van der Waals surface area (Å²) in [6, 6.07) is 8.29. The van der Waals surface area contributed by atoms with Gasteiger partial charge in [0.15, 0.2) is 0 Å². The number of carbonyl (C=O) groups is 1. The Morgan fingerprint density at radius 1 is 1.18 bits per heavy atom. The van der Waals surface area contributed by atoms with Crippen molar-refractivity contribution in [3.63, 3.8) is 0 Å². The van der Waals surface area contributed by atoms with Crippen LogP contribution in [-0.2, 0) is 11.2 Å². The molecule has 0 aliphatic heterocycles. The Labute approximate surface area is 103 Å². The quantitative estimate of drug-likeness (QED) is 0.795. The highest BCUT2D eigenvalue weighted by molar-refractivity contribution is 5.78. The smallest absolute Gasteiger partial charge is 0.132 e. The number of Topliss-reactive ketones (excluding diaryl/α,β-unsaturated/α-hetero) is 1. The van der Waals surface area contributed by atoms with Gasteiger partial charge in [0.2, 0.25) is 0 Å². The third kappa shape index (κ3) is 3.58. The Morgan fingerprint density at radius 3 is 2.41 bits per heavy atom. The molecule has 0 saturated heterocycles. The zero-order chi connectivity index (χ0) is 12.1. The minimum Gasteiger partial charge on any atom is -0.497 e. The summed E-state index contributed by atoms with van der Waals surface area (Å²) in [6.07, 6.45) is 6.10. The molecule has 1 fully saturated rings. The van der Waals surface area contributed by atoms with Crippen LogP contribution < -0.4 is 4.74 Å². The number of benzene rings is 1. The summed E-state index contributed by atoms with van der Waals surface area (Å²) >= 11 is 0. The van der Waals surface area contributed by atoms with Crippen LogP contribution >= 0.6 is 0 Å². The molecule has 0 bridgehead atoms. The number of carbonyl (C=O) groups excluding carboxylic acids is 1. The van der Waals surface area contributed by atoms with Crippen LogP contribution in [0.25, 0.3) is 0 Å². The van der Waals surface area contributed by atoms with Gasteiger partial charge >= 0.3 is 0 Å². The summed E-state index contributed by atoms with van der Waals surface area (Å²) in [5, 5.41) is 0. The molecule has 0 amide bonds. The van der Waals surface area contributed by atoms with Crippen molar-refractivity contribution in [1.29, 1.82) is 0 Å². The SMILES string of the molecule is COc1ccc(CCC2CCC(=O)CC2)cc1. The number of hydrogen-bond acceptors (Lipinski definition) is 2. The van der Waals surface area contributed by atoms with Crippen molar-refractivity contribution in [2.45, 2.75) is 38.5 Å². The molecule has 1 aromatic carbocycles. The molecular weight excluding hydrogens is 212 g/mol. The molecule has 2 rings (SSSR count). The summed E-state index contributed by atoms with van der Waals surface area (Å²) < 4.78 is 5.14. The summed E-state index contributed by atoms with van der Waals surface area (Å²) in [7, 11) is 1.69. The van der Waals surface area contributed by atoms with Gasteiger partial charge in [-0.1, -0.05) is 12.1 Å². The topological polar surface area (TPSA) is 26.3 Å². The molecule has 0 spiro atoms. The van der Waals surface area contributed by atoms with Crippen molar-refractivity contribution in [3.8, 4) is 5.75 Å². The van der Waals surface area contributed by atoms with Gasteiger partial charge in [-0.2, -0.15) is 0 Å². The highest BCUT2D eigenvalue weighted by Gasteiger charge is 2.18. The van der Waals surface area contributed by atoms with Gasteiger partial charge in [0.05, 0.1) is 7.11 Å². The lowest BCUT2D eigenvalue weighted by Crippen LogP contribution is -2.14. The first-order valence-corrected chi connectivity index (χ1v) is 6.42. The number of ether oxygens (including phenoxy) is 1. The summed E-state index contributed by atoms with van der Waals surface area (Å²) in [4.78, 5) is 11.1. The van der Waals surface area contributed by atoms with Gasteiger partial charge in [-0.25, -0.2) is 0 Å². The number of ketones is 1. The Kier molecular flexibility index (Phi) is 4.18. The molecule has 0 radical (unpaired) electrons. The molecule has 0 atom stereocenters. The number of methoxy groups -OCH3 is 1. The zero-order valence-corrected chi connectivity index (χ0v) is 10.4. The van der Waals surface area contributed by atoms with E-state index in [4.69, 9.17) is 4.74 Å². The van der Waals surface area contributed by atoms with Gasteiger partial charge < -0.3 is 4.74 Å². The molecule has 0 N–H and O–H groups in total. The van der Waals surface area contributed by atoms with Crippen molar-refractivity contribution >= 4 is 5.78 Å². The molecule has 0 unspecified atom stereocenters. The van der Waals surface area contributed by atoms with Gasteiger partial charge in [-0.05, 0) is 49.3 Å². The van der Waals surface area contributed by atoms with E-state index >= 15 is 0 Å². The molecule has 1 aromatic rings. The molecule has 0 heterocycles. The highest BCUT2D eigenvalue weighted by Crippen LogP contribution is 2.26. The zero-order valence-electron chi connectivity index (χ0n) is 10.4. The maximum atomic E-state index is 11.1. The van der Waals surface area contributed by atoms with E-state index in [9.17, 15) is 4.79 Å². The van der Waals surface area contributed by atoms with E-state index in [-0.39, 0.29) is 0 Å². The van der Waals surface area contributed by atoms with E-state index in [2.05, 4.69) is 12.1 Å². The van der Waals surface area contributed by atoms with E-state index in [1.54, 1.807) is 7.11 Å². The third-order valence-corrected chi connectivity index (χ3v) is 3.66. The van der Waals surface area contributed by atoms with Crippen LogP contribution in [-0.4, -0.2) is 12.9 Å². The fourth-order valence-corrected chi connectivity index (χ4v) is 2.45. The van der Waals surface area contributed by atoms with Crippen molar-refractivity contribution in [2.75, 3.05) is 7.11 Å². The number of hydrogen-bond donors (Lipinski definition) is 0. The molecule has 92 valence electrons. The fraction of sp³-hybridized carbons (Fsp3) is 0.533. The van der Waals surface area contributed by atoms with E-state index < -0.39 is 0 Å². The second-order valence-corrected chi connectivity index (χ2v) is 4.87. The second kappa shape index (κ2) is 5.85. The Morgan fingerprint density at radius 2 is 1.82 bits per heavy atom. The third-order valence-electron chi connectivity index (χ3n) is 3.66. The van der Waals surface area contributed by atoms with Crippen LogP contribution in [0, 0.1) is 5.92 Å². The van der Waals surface area contributed by atoms with Gasteiger partial charge in [-0.15, -0.1) is 0 Å². The number of aryl methyl sites for hydroxylation is 1. The van der Waals surface area contributed by atoms with E-state index in [0.717, 1.165) is 43.8 Å². The lowest BCUT2D eigenvalue weighted by molar-refractivity contribution is -0.121. The summed E-state index contributed by atoms with van der Waals surface area (Å²) in [5.41, 5.74) is 1.36. The average Bonchev–Trinajstić information content (AvgIpc) is 2.39. The number of rotatable bonds is 4. The Bertz CT molecular complexity index is 357. The molecule has 1 aliphatic carbocycles. The monoisotopic (exact) mass is 232 g/mol. The Balaban J connectivity index is 1.79. The van der Waals surface area contributed by atoms with Crippen molar-refractivity contribution in [3.05, 3.63) is 29.8 Å². The molecular formula is C15H20O2. The normalized spacial score (nSPS) is 17.1. The molecule has 1 saturated carbocycles. The van der Waals surface area contributed by atoms with Crippen molar-refractivity contribution < 1.29 is 9.53 Å². The largest absolute Gasteiger partial charge is 0.497 e. The van der Waals surface area contributed by atoms with Gasteiger partial charge in [0, 0.05) is 12.8 Å². The second-order valence-electron chi connectivity index (χ2n) is 4.87. The average molecular weight is 232 g/mol. The lowest BCUT2D eigenvalue weighted by Gasteiger charge is -2.20. The maximum Gasteiger partial charge on any atom is 0.132 e. The van der Waals surface area contributed by atoms with E-state index in [1.807, 2.05) is 12.1 Å². The Hall–Kier alpha value is -1.31. The minimum atomic E-state index is 0.450. The predicted octanol–water partition coefficient (Wildman–Crippen LogP) is 3.39. The summed E-state index contributed by atoms with van der Waals surface area (Å²) in [6.45, 7) is 0. The van der Waals surface area contributed by atoms with Crippen LogP contribution in [0.15, 0.2) is 24.3 Å². The standard InChI is InChI=1S/C15H20O2/c1-17-15-10-6-13(7-11-15)3-2-12-4-8-14(16)9-5-12/h6-7,10-12H,2-5,8-9H2,1H3. The van der Waals surface area contributed by atoms with Crippen LogP contribution in [0.2, 0.25) is 0 Å². The lowest BCUT2D eigenvalue weighted by atomic mass is 9.84. The van der Waals surface area contributed by atoms with E-state index in [0.29, 0.717) is 5.78 Å². The highest BCUT2D eigenvalue weighted by atomic mass is 16.5. The maximum absolute atomic E-state index is 11.1. The van der Waals surface area contributed by atoms with E-state index in [1.165, 1.54) is 12.0 Å². The fourth-order valence-electron chi connectivity index (χ4n) is 2.45. The van der Waals surface area contributed by atoms with Crippen LogP contribution in [0.4, 0.5) is 0 Å². The van der Waals surface area contributed by atoms with Gasteiger partial charge in [0.25, 0.3) is 0 Å². The van der Waals surface area contributed by atoms with Crippen LogP contribution in [0.3, 0.4) is 0 Å². The molecule has 2 heteroatoms. The molecule has 0 aromatic heterocycles. The molecule has 1 aliphatic rings. The first-order chi connectivity index (χ1) is 8.28. The molecule has 2 nitrogen and oxygen atoms in total. The molecule has 17 heavy (non-hydrogen) atoms. The van der Waals surface area contributed by atoms with Gasteiger partial charge in [-0.3, -0.25) is 4.79 Å². The predicted molar refractivity (Wildman–Crippen MR) is 68.3 cm³/mol. The first-order valence-electron chi connectivity index (χ1n) is 6.42.